The average Bonchev–Trinajstić information content (AvgIpc) is 1.65. The second kappa shape index (κ2) is 43.3. The van der Waals surface area contributed by atoms with Gasteiger partial charge in [-0.3, -0.25) is 33.6 Å². The van der Waals surface area contributed by atoms with Crippen molar-refractivity contribution < 1.29 is 84.8 Å². The summed E-state index contributed by atoms with van der Waals surface area (Å²) in [6.07, 6.45) is 24.3. The minimum Gasteiger partial charge on any atom is -0.505 e. The number of amides is 1. The number of carbonyl (C=O) groups is 8. The molecule has 27 nitrogen and oxygen atoms in total. The number of hydrogen-bond acceptors (Lipinski definition) is 19. The summed E-state index contributed by atoms with van der Waals surface area (Å²) in [5.74, 6) is -5.76. The van der Waals surface area contributed by atoms with Crippen molar-refractivity contribution in [2.45, 2.75) is 79.1 Å². The number of benzene rings is 6. The summed E-state index contributed by atoms with van der Waals surface area (Å²) in [5.41, 5.74) is 8.51. The van der Waals surface area contributed by atoms with Gasteiger partial charge in [0.05, 0.1) is 93.4 Å². The summed E-state index contributed by atoms with van der Waals surface area (Å²) in [7, 11) is 1.07. The van der Waals surface area contributed by atoms with Crippen LogP contribution in [0.3, 0.4) is 0 Å². The van der Waals surface area contributed by atoms with E-state index in [-0.39, 0.29) is 76.0 Å². The van der Waals surface area contributed by atoms with Crippen LogP contribution in [0.1, 0.15) is 126 Å². The Kier molecular flexibility index (Phi) is 32.4. The van der Waals surface area contributed by atoms with Crippen molar-refractivity contribution in [1.82, 2.24) is 72.2 Å². The van der Waals surface area contributed by atoms with Crippen molar-refractivity contribution >= 4 is 59.6 Å². The smallest absolute Gasteiger partial charge is 0.378 e. The fraction of sp³-hybridized carbons (Fsp3) is 0.169. The van der Waals surface area contributed by atoms with Gasteiger partial charge in [0.15, 0.2) is 30.4 Å². The monoisotopic (exact) mass is 1590 g/mol. The second-order valence-electron chi connectivity index (χ2n) is 25.6. The molecular formula is C83H77F6N15O12. The third-order valence-electron chi connectivity index (χ3n) is 16.4. The number of rotatable bonds is 22. The summed E-state index contributed by atoms with van der Waals surface area (Å²) >= 11 is 0. The van der Waals surface area contributed by atoms with E-state index in [1.165, 1.54) is 122 Å². The summed E-state index contributed by atoms with van der Waals surface area (Å²) in [4.78, 5) is 120. The third kappa shape index (κ3) is 27.4. The summed E-state index contributed by atoms with van der Waals surface area (Å²) < 4.78 is 91.1. The van der Waals surface area contributed by atoms with Crippen LogP contribution < -0.4 is 0 Å². The molecule has 13 aromatic rings. The highest BCUT2D eigenvalue weighted by Crippen LogP contribution is 2.24. The minimum absolute atomic E-state index is 0.0575. The molecule has 0 bridgehead atoms. The molecule has 0 aliphatic carbocycles. The van der Waals surface area contributed by atoms with Crippen molar-refractivity contribution in [3.8, 4) is 0 Å². The maximum Gasteiger partial charge on any atom is 0.378 e. The number of aromatic amines is 1. The number of H-pyrrole nitrogens is 1. The number of nitrogens with zero attached hydrogens (tertiary/aromatic N) is 14. The molecule has 0 saturated carbocycles. The van der Waals surface area contributed by atoms with Gasteiger partial charge in [0, 0.05) is 89.3 Å². The van der Waals surface area contributed by atoms with Crippen LogP contribution >= 0.6 is 0 Å². The minimum atomic E-state index is -1.07. The Labute approximate surface area is 659 Å². The first-order valence-corrected chi connectivity index (χ1v) is 35.1. The number of halogens is 6. The number of imidazole rings is 7. The fourth-order valence-corrected chi connectivity index (χ4v) is 10.3. The molecule has 598 valence electrons. The Hall–Kier alpha value is -14.6. The van der Waals surface area contributed by atoms with Crippen LogP contribution in [0, 0.1) is 34.9 Å². The molecule has 33 heteroatoms. The molecule has 4 N–H and O–H groups in total. The molecule has 8 heterocycles. The van der Waals surface area contributed by atoms with E-state index in [9.17, 15) is 80.0 Å². The van der Waals surface area contributed by atoms with Gasteiger partial charge in [-0.1, -0.05) is 72.8 Å². The van der Waals surface area contributed by atoms with E-state index in [1.807, 2.05) is 18.4 Å². The van der Waals surface area contributed by atoms with Gasteiger partial charge >= 0.3 is 5.97 Å². The summed E-state index contributed by atoms with van der Waals surface area (Å²) in [6, 6.07) is 36.9. The molecule has 1 amide bonds. The van der Waals surface area contributed by atoms with E-state index < -0.39 is 35.3 Å². The summed E-state index contributed by atoms with van der Waals surface area (Å²) in [6.45, 7) is 10.0. The van der Waals surface area contributed by atoms with E-state index in [4.69, 9.17) is 0 Å². The molecule has 1 saturated heterocycles. The maximum atomic E-state index is 12.9. The van der Waals surface area contributed by atoms with Gasteiger partial charge in [0.1, 0.15) is 69.1 Å². The maximum absolute atomic E-state index is 12.9. The molecule has 1 fully saturated rings. The Morgan fingerprint density at radius 3 is 1.24 bits per heavy atom. The Bertz CT molecular complexity index is 5440. The number of aliphatic hydroxyl groups is 3. The first-order chi connectivity index (χ1) is 55.6. The lowest BCUT2D eigenvalue weighted by Gasteiger charge is -2.18. The lowest BCUT2D eigenvalue weighted by molar-refractivity contribution is -0.149. The predicted octanol–water partition coefficient (Wildman–Crippen LogP) is 12.3. The molecule has 7 aromatic heterocycles. The first kappa shape index (κ1) is 87.0. The molecule has 0 spiro atoms. The fourth-order valence-electron chi connectivity index (χ4n) is 10.3. The Morgan fingerprint density at radius 2 is 0.888 bits per heavy atom. The lowest BCUT2D eigenvalue weighted by atomic mass is 10.1. The average molecular weight is 1590 g/mol. The number of aldehydes is 3. The quantitative estimate of drug-likeness (QED) is 0.00931. The number of carbonyl (C=O) groups excluding carboxylic acids is 8. The van der Waals surface area contributed by atoms with Gasteiger partial charge in [-0.15, -0.1) is 0 Å². The van der Waals surface area contributed by atoms with Gasteiger partial charge in [-0.2, -0.15) is 0 Å². The topological polar surface area (TPSA) is 345 Å². The van der Waals surface area contributed by atoms with Crippen molar-refractivity contribution in [2.75, 3.05) is 13.7 Å². The molecule has 1 aliphatic heterocycles. The zero-order valence-electron chi connectivity index (χ0n) is 62.9. The van der Waals surface area contributed by atoms with Crippen LogP contribution in [-0.4, -0.2) is 155 Å². The third-order valence-corrected chi connectivity index (χ3v) is 16.4. The van der Waals surface area contributed by atoms with E-state index >= 15 is 0 Å². The van der Waals surface area contributed by atoms with Gasteiger partial charge in [0.2, 0.25) is 0 Å². The number of hydrogen-bond donors (Lipinski definition) is 4. The number of likely N-dealkylation sites (tertiary alicyclic amines) is 1. The van der Waals surface area contributed by atoms with E-state index in [1.54, 1.807) is 153 Å². The van der Waals surface area contributed by atoms with Crippen molar-refractivity contribution in [3.05, 3.63) is 353 Å². The highest BCUT2D eigenvalue weighted by Gasteiger charge is 2.38. The highest BCUT2D eigenvalue weighted by atomic mass is 19.1. The SMILES string of the molecule is CC(=O)c1cn(Cc2ccc(F)cc2)cn1.CC(C)N1CC(=C(O)c2cn(Cc3ccc(F)cc3)cn2)C(=O)C1=O.CC(O)c1cn(Cc2ccc(F)cc2)cn1.COC(=O)C(=O)C=C(O)c1cn(Cc2ccc(F)cc2)cn1.O=Cc1cn(Cc2ccc(F)cc2)cn1.O=Cc1cnc[nH]1.O=Cc1cncn1Cc1ccc(F)cc1. The molecular weight excluding hydrogens is 1510 g/mol. The zero-order chi connectivity index (χ0) is 83.8. The predicted molar refractivity (Wildman–Crippen MR) is 411 cm³/mol. The van der Waals surface area contributed by atoms with Gasteiger partial charge in [-0.25, -0.2) is 66.0 Å². The van der Waals surface area contributed by atoms with Crippen molar-refractivity contribution in [2.24, 2.45) is 0 Å². The van der Waals surface area contributed by atoms with Crippen LogP contribution in [-0.2, 0) is 63.2 Å². The van der Waals surface area contributed by atoms with Crippen LogP contribution in [0.5, 0.6) is 0 Å². The number of esters is 1. The van der Waals surface area contributed by atoms with Crippen LogP contribution in [0.15, 0.2) is 245 Å². The first-order valence-electron chi connectivity index (χ1n) is 35.1. The van der Waals surface area contributed by atoms with Gasteiger partial charge in [-0.05, 0) is 127 Å². The lowest BCUT2D eigenvalue weighted by Crippen LogP contribution is -2.33. The molecule has 0 radical (unpaired) electrons. The molecule has 1 atom stereocenters. The Morgan fingerprint density at radius 1 is 0.491 bits per heavy atom. The number of aliphatic hydroxyl groups excluding tert-OH is 3. The normalized spacial score (nSPS) is 12.1. The van der Waals surface area contributed by atoms with E-state index in [0.717, 1.165) is 52.9 Å². The number of ketones is 3. The molecule has 14 rings (SSSR count). The number of nitrogens with one attached hydrogen (secondary N) is 1. The largest absolute Gasteiger partial charge is 0.505 e. The van der Waals surface area contributed by atoms with E-state index in [2.05, 4.69) is 44.6 Å². The van der Waals surface area contributed by atoms with E-state index in [0.29, 0.717) is 80.3 Å². The number of ether oxygens (including phenoxy) is 1. The van der Waals surface area contributed by atoms with Crippen LogP contribution in [0.25, 0.3) is 11.5 Å². The molecule has 1 aliphatic rings. The van der Waals surface area contributed by atoms with Crippen LogP contribution in [0.4, 0.5) is 26.3 Å². The molecule has 116 heavy (non-hydrogen) atoms. The summed E-state index contributed by atoms with van der Waals surface area (Å²) in [5, 5.41) is 29.5. The molecule has 1 unspecified atom stereocenters. The molecule has 6 aromatic carbocycles. The number of methoxy groups -OCH3 is 1. The zero-order valence-corrected chi connectivity index (χ0v) is 62.9. The van der Waals surface area contributed by atoms with Crippen molar-refractivity contribution in [3.63, 3.8) is 0 Å². The van der Waals surface area contributed by atoms with Crippen molar-refractivity contribution in [1.29, 1.82) is 0 Å². The van der Waals surface area contributed by atoms with Gasteiger partial charge in [0.25, 0.3) is 17.5 Å². The second-order valence-corrected chi connectivity index (χ2v) is 25.6. The Balaban J connectivity index is 0.000000173. The van der Waals surface area contributed by atoms with Crippen LogP contribution in [0.2, 0.25) is 0 Å². The van der Waals surface area contributed by atoms with Gasteiger partial charge < -0.3 is 57.3 Å². The number of aromatic nitrogens is 14. The highest BCUT2D eigenvalue weighted by molar-refractivity contribution is 6.46. The standard InChI is InChI=1S/C18H18FN3O3.C15H13FN2O4.C12H13FN2O.C12H11FN2O.2C11H9FN2O.C4H4N2O/c1-11(2)22-8-14(17(24)18(22)25)16(23)15-9-21(10-20-15)7-12-3-5-13(19)6-4-12;1-22-15(21)14(20)6-13(19)12-8-18(9-17-12)7-10-2-4-11(16)5-3-10;2*1-9(16)12-7-15(8-14-12)6-10-2-4-11(13)5-3-10;12-10-3-1-9(2-4-10)6-14-8-13-5-11(14)7-15;12-10-3-1-9(2-4-10)5-14-6-11(7-15)13-8-14;7-2-4-1-5-3-6-4/h3-6,9-11,23H,7-8H2,1-2H3;2-6,8-9,19H,7H2,1H3;2-5,7-9,16H,6H2,1H3;2-5,7-8H,6H2,1H3;1-5,7-8H,6H2;1-4,6-8H,5H2;1-3H,(H,5,6). The number of Topliss-reactive ketones (excluding diaryl/α,β-unsaturated/α-hetero) is 2.